The van der Waals surface area contributed by atoms with Crippen molar-refractivity contribution in [1.82, 2.24) is 0 Å². The standard InChI is InChI=1S/C58H34F24NO2/c1-83(2)25-43-45(49(84,29-13-33(51(59,60)61)21-34(14-29)52(62,63)64)30-15-35(53(65,66)67)22-36(16-30)54(68,69)70)11-27-7-3-5-9-41(27)47(43)48-42-10-6-4-8-28(42)12-46(44(48)26-83)50(85,31-17-37(55(71,72)73)23-38(18-31)56(74,75)76)32-19-39(57(77,78)79)24-40(20-32)58(80,81)82/h3-24,84-85H,25-26H2,1-2H3/q+1. The van der Waals surface area contributed by atoms with Crippen LogP contribution in [0.4, 0.5) is 105 Å². The van der Waals surface area contributed by atoms with E-state index in [1.165, 1.54) is 50.5 Å². The van der Waals surface area contributed by atoms with Crippen molar-refractivity contribution in [2.45, 2.75) is 73.7 Å². The fourth-order valence-electron chi connectivity index (χ4n) is 10.8. The number of nitrogens with zero attached hydrogens (tertiary/aromatic N) is 1. The van der Waals surface area contributed by atoms with E-state index in [0.29, 0.717) is 0 Å². The minimum Gasteiger partial charge on any atom is -0.376 e. The first kappa shape index (κ1) is 62.0. The Labute approximate surface area is 462 Å². The molecule has 0 saturated carbocycles. The molecule has 0 fully saturated rings. The molecule has 0 atom stereocenters. The van der Waals surface area contributed by atoms with Crippen LogP contribution in [0, 0.1) is 0 Å². The number of hydrogen-bond donors (Lipinski definition) is 2. The van der Waals surface area contributed by atoms with Crippen LogP contribution in [0.15, 0.2) is 133 Å². The van der Waals surface area contributed by atoms with Crippen molar-refractivity contribution in [3.63, 3.8) is 0 Å². The molecular weight excluding hydrogens is 1200 g/mol. The number of hydrogen-bond acceptors (Lipinski definition) is 2. The zero-order valence-corrected chi connectivity index (χ0v) is 42.5. The predicted molar refractivity (Wildman–Crippen MR) is 256 cm³/mol. The minimum absolute atomic E-state index is 0.183. The van der Waals surface area contributed by atoms with Crippen LogP contribution in [0.2, 0.25) is 0 Å². The largest absolute Gasteiger partial charge is 0.416 e. The van der Waals surface area contributed by atoms with E-state index in [2.05, 4.69) is 0 Å². The summed E-state index contributed by atoms with van der Waals surface area (Å²) in [5.41, 5.74) is -37.2. The number of alkyl halides is 24. The van der Waals surface area contributed by atoms with Crippen molar-refractivity contribution in [3.05, 3.63) is 222 Å². The van der Waals surface area contributed by atoms with Crippen LogP contribution in [-0.4, -0.2) is 28.8 Å². The second-order valence-electron chi connectivity index (χ2n) is 20.8. The summed E-state index contributed by atoms with van der Waals surface area (Å²) < 4.78 is 355. The Morgan fingerprint density at radius 1 is 0.282 bits per heavy atom. The maximum absolute atomic E-state index is 14.8. The highest BCUT2D eigenvalue weighted by Gasteiger charge is 2.51. The monoisotopic (exact) mass is 1230 g/mol. The summed E-state index contributed by atoms with van der Waals surface area (Å²) in [4.78, 5) is 0. The number of fused-ring (bicyclic) bond motifs is 7. The highest BCUT2D eigenvalue weighted by Crippen LogP contribution is 2.56. The minimum atomic E-state index is -5.83. The molecule has 0 unspecified atom stereocenters. The van der Waals surface area contributed by atoms with Crippen LogP contribution in [0.1, 0.15) is 89.0 Å². The average Bonchev–Trinajstić information content (AvgIpc) is 2.25. The number of benzene rings is 8. The molecule has 1 aliphatic rings. The third-order valence-corrected chi connectivity index (χ3v) is 14.5. The van der Waals surface area contributed by atoms with Gasteiger partial charge in [0.15, 0.2) is 0 Å². The smallest absolute Gasteiger partial charge is 0.376 e. The van der Waals surface area contributed by atoms with Gasteiger partial charge in [-0.2, -0.15) is 105 Å². The Bertz CT molecular complexity index is 3430. The molecule has 2 N–H and O–H groups in total. The maximum Gasteiger partial charge on any atom is 0.416 e. The number of aliphatic hydroxyl groups is 2. The Morgan fingerprint density at radius 3 is 0.671 bits per heavy atom. The molecule has 0 aromatic heterocycles. The SMILES string of the molecule is C[N+]1(C)Cc2c(C(O)(c3cc(C(F)(F)F)cc(C(F)(F)F)c3)c3cc(C(F)(F)F)cc(C(F)(F)F)c3)cc3ccccc3c2-c2c(c(C(O)(c3cc(C(F)(F)F)cc(C(F)(F)F)c3)c3cc(C(F)(F)F)cc(C(F)(F)F)c3)cc3ccccc23)C1. The highest BCUT2D eigenvalue weighted by atomic mass is 19.4. The molecule has 9 rings (SSSR count). The van der Waals surface area contributed by atoms with E-state index in [1.807, 2.05) is 0 Å². The van der Waals surface area contributed by atoms with Crippen LogP contribution in [0.3, 0.4) is 0 Å². The van der Waals surface area contributed by atoms with E-state index in [4.69, 9.17) is 0 Å². The molecule has 85 heavy (non-hydrogen) atoms. The van der Waals surface area contributed by atoms with Crippen molar-refractivity contribution in [1.29, 1.82) is 0 Å². The summed E-state index contributed by atoms with van der Waals surface area (Å²) in [7, 11) is 2.34. The molecule has 0 aliphatic carbocycles. The van der Waals surface area contributed by atoms with Gasteiger partial charge in [-0.15, -0.1) is 0 Å². The van der Waals surface area contributed by atoms with Crippen molar-refractivity contribution < 1.29 is 120 Å². The Kier molecular flexibility index (Phi) is 14.4. The molecule has 8 aromatic carbocycles. The summed E-state index contributed by atoms with van der Waals surface area (Å²) in [5.74, 6) is 0. The first-order valence-electron chi connectivity index (χ1n) is 24.2. The quantitative estimate of drug-likeness (QED) is 0.0990. The van der Waals surface area contributed by atoms with Gasteiger partial charge in [-0.1, -0.05) is 48.5 Å². The molecule has 450 valence electrons. The molecule has 0 radical (unpaired) electrons. The number of halogens is 24. The first-order valence-corrected chi connectivity index (χ1v) is 24.2. The van der Waals surface area contributed by atoms with Gasteiger partial charge < -0.3 is 14.7 Å². The second-order valence-corrected chi connectivity index (χ2v) is 20.8. The van der Waals surface area contributed by atoms with Crippen molar-refractivity contribution in [2.75, 3.05) is 14.1 Å². The summed E-state index contributed by atoms with van der Waals surface area (Å²) >= 11 is 0. The van der Waals surface area contributed by atoms with Gasteiger partial charge in [0.2, 0.25) is 0 Å². The van der Waals surface area contributed by atoms with E-state index in [1.54, 1.807) is 0 Å². The van der Waals surface area contributed by atoms with Gasteiger partial charge >= 0.3 is 49.4 Å². The van der Waals surface area contributed by atoms with Crippen LogP contribution in [-0.2, 0) is 73.7 Å². The number of rotatable bonds is 6. The van der Waals surface area contributed by atoms with Crippen LogP contribution < -0.4 is 0 Å². The summed E-state index contributed by atoms with van der Waals surface area (Å²) in [5, 5.41) is 26.1. The summed E-state index contributed by atoms with van der Waals surface area (Å²) in [6.45, 7) is -1.75. The molecule has 27 heteroatoms. The van der Waals surface area contributed by atoms with E-state index in [9.17, 15) is 116 Å². The highest BCUT2D eigenvalue weighted by molar-refractivity contribution is 6.09. The zero-order valence-electron chi connectivity index (χ0n) is 42.5. The predicted octanol–water partition coefficient (Wildman–Crippen LogP) is 18.5. The van der Waals surface area contributed by atoms with Crippen LogP contribution in [0.25, 0.3) is 32.7 Å². The molecular formula is C58H34F24NO2+. The third kappa shape index (κ3) is 11.5. The second kappa shape index (κ2) is 19.8. The number of quaternary nitrogens is 1. The lowest BCUT2D eigenvalue weighted by molar-refractivity contribution is -0.916. The average molecular weight is 1230 g/mol. The molecule has 0 spiro atoms. The Hall–Kier alpha value is -7.52. The first-order chi connectivity index (χ1) is 38.6. The molecule has 0 bridgehead atoms. The summed E-state index contributed by atoms with van der Waals surface area (Å²) in [6, 6.07) is 7.75. The lowest BCUT2D eigenvalue weighted by Gasteiger charge is -2.37. The van der Waals surface area contributed by atoms with Gasteiger partial charge in [0, 0.05) is 22.3 Å². The lowest BCUT2D eigenvalue weighted by Crippen LogP contribution is -2.40. The molecule has 8 aromatic rings. The normalized spacial score (nSPS) is 15.1. The van der Waals surface area contributed by atoms with Gasteiger partial charge in [0.05, 0.1) is 58.6 Å². The van der Waals surface area contributed by atoms with Gasteiger partial charge in [0.1, 0.15) is 24.3 Å². The maximum atomic E-state index is 14.8. The van der Waals surface area contributed by atoms with Crippen LogP contribution >= 0.6 is 0 Å². The molecule has 1 heterocycles. The van der Waals surface area contributed by atoms with E-state index in [-0.39, 0.29) is 70.1 Å². The molecule has 0 saturated heterocycles. The molecule has 1 aliphatic heterocycles. The van der Waals surface area contributed by atoms with Gasteiger partial charge in [-0.05, 0) is 140 Å². The van der Waals surface area contributed by atoms with Gasteiger partial charge in [0.25, 0.3) is 0 Å². The van der Waals surface area contributed by atoms with Gasteiger partial charge in [-0.25, -0.2) is 0 Å². The van der Waals surface area contributed by atoms with Crippen molar-refractivity contribution in [3.8, 4) is 11.1 Å². The fraction of sp³-hybridized carbons (Fsp3) is 0.241. The van der Waals surface area contributed by atoms with Crippen LogP contribution in [0.5, 0.6) is 0 Å². The zero-order chi connectivity index (χ0) is 63.2. The Morgan fingerprint density at radius 2 is 0.471 bits per heavy atom. The third-order valence-electron chi connectivity index (χ3n) is 14.5. The fourth-order valence-corrected chi connectivity index (χ4v) is 10.8. The van der Waals surface area contributed by atoms with Crippen molar-refractivity contribution >= 4 is 21.5 Å². The van der Waals surface area contributed by atoms with Gasteiger partial charge in [-0.3, -0.25) is 0 Å². The summed E-state index contributed by atoms with van der Waals surface area (Å²) in [6.07, 6.45) is -46.6. The molecule has 0 amide bonds. The molecule has 3 nitrogen and oxygen atoms in total. The van der Waals surface area contributed by atoms with Crippen molar-refractivity contribution in [2.24, 2.45) is 0 Å². The van der Waals surface area contributed by atoms with E-state index < -0.39 is 203 Å². The lowest BCUT2D eigenvalue weighted by atomic mass is 9.72. The Balaban J connectivity index is 1.56. The topological polar surface area (TPSA) is 40.5 Å². The van der Waals surface area contributed by atoms with E-state index >= 15 is 0 Å². The van der Waals surface area contributed by atoms with E-state index in [0.717, 1.165) is 24.3 Å².